The second-order valence-electron chi connectivity index (χ2n) is 6.75. The molecule has 1 N–H and O–H groups in total. The summed E-state index contributed by atoms with van der Waals surface area (Å²) in [7, 11) is 2.14. The zero-order chi connectivity index (χ0) is 18.0. The third-order valence-corrected chi connectivity index (χ3v) is 4.98. The van der Waals surface area contributed by atoms with Gasteiger partial charge in [0.2, 0.25) is 0 Å². The van der Waals surface area contributed by atoms with E-state index in [1.54, 1.807) is 6.92 Å². The van der Waals surface area contributed by atoms with E-state index in [1.807, 2.05) is 19.1 Å². The third-order valence-electron chi connectivity index (χ3n) is 4.98. The highest BCUT2D eigenvalue weighted by molar-refractivity contribution is 5.51. The molecule has 1 aromatic carbocycles. The van der Waals surface area contributed by atoms with Gasteiger partial charge >= 0.3 is 5.69 Å². The fourth-order valence-electron chi connectivity index (χ4n) is 3.33. The Bertz CT molecular complexity index is 742. The number of hydrogen-bond acceptors (Lipinski definition) is 5. The van der Waals surface area contributed by atoms with Gasteiger partial charge in [-0.2, -0.15) is 5.10 Å². The van der Waals surface area contributed by atoms with Crippen LogP contribution in [0.25, 0.3) is 5.69 Å². The second-order valence-corrected chi connectivity index (χ2v) is 6.75. The van der Waals surface area contributed by atoms with Crippen molar-refractivity contribution in [1.82, 2.24) is 19.2 Å². The Labute approximate surface area is 148 Å². The number of aliphatic hydroxyl groups excluding tert-OH is 1. The molecule has 7 nitrogen and oxygen atoms in total. The first-order valence-electron chi connectivity index (χ1n) is 8.89. The van der Waals surface area contributed by atoms with Crippen LogP contribution in [0.15, 0.2) is 35.4 Å². The summed E-state index contributed by atoms with van der Waals surface area (Å²) in [5.41, 5.74) is 1.74. The fraction of sp³-hybridized carbons (Fsp3) is 0.556. The zero-order valence-corrected chi connectivity index (χ0v) is 15.2. The molecule has 136 valence electrons. The molecule has 2 aromatic rings. The molecule has 2 heterocycles. The molecule has 1 aliphatic heterocycles. The van der Waals surface area contributed by atoms with E-state index in [0.29, 0.717) is 6.42 Å². The lowest BCUT2D eigenvalue weighted by Crippen LogP contribution is -2.44. The van der Waals surface area contributed by atoms with Crippen LogP contribution in [-0.2, 0) is 0 Å². The number of rotatable bonds is 5. The van der Waals surface area contributed by atoms with Crippen LogP contribution in [0.5, 0.6) is 0 Å². The SMILES string of the molecule is CC[C@@H]([C@H](C)O)n1ncn(-c2ccc(N3CCN(C)CC3)cc2)c1=O. The number of aliphatic hydroxyl groups is 1. The molecule has 0 spiro atoms. The van der Waals surface area contributed by atoms with Crippen LogP contribution >= 0.6 is 0 Å². The largest absolute Gasteiger partial charge is 0.391 e. The van der Waals surface area contributed by atoms with E-state index in [-0.39, 0.29) is 11.7 Å². The van der Waals surface area contributed by atoms with Gasteiger partial charge in [0, 0.05) is 31.9 Å². The minimum atomic E-state index is -0.620. The highest BCUT2D eigenvalue weighted by Gasteiger charge is 2.20. The number of anilines is 1. The molecule has 0 amide bonds. The minimum absolute atomic E-state index is 0.222. The van der Waals surface area contributed by atoms with Gasteiger partial charge in [0.15, 0.2) is 0 Å². The van der Waals surface area contributed by atoms with Gasteiger partial charge in [-0.15, -0.1) is 0 Å². The van der Waals surface area contributed by atoms with Crippen molar-refractivity contribution in [1.29, 1.82) is 0 Å². The Morgan fingerprint density at radius 1 is 1.12 bits per heavy atom. The van der Waals surface area contributed by atoms with Gasteiger partial charge in [-0.05, 0) is 44.7 Å². The molecule has 1 aliphatic rings. The normalized spacial score (nSPS) is 18.3. The number of piperazine rings is 1. The summed E-state index contributed by atoms with van der Waals surface area (Å²) in [4.78, 5) is 17.3. The average molecular weight is 345 g/mol. The van der Waals surface area contributed by atoms with Crippen LogP contribution in [0.3, 0.4) is 0 Å². The first-order chi connectivity index (χ1) is 12.0. The highest BCUT2D eigenvalue weighted by atomic mass is 16.3. The van der Waals surface area contributed by atoms with Crippen molar-refractivity contribution in [2.24, 2.45) is 0 Å². The monoisotopic (exact) mass is 345 g/mol. The fourth-order valence-corrected chi connectivity index (χ4v) is 3.33. The number of likely N-dealkylation sites (N-methyl/N-ethyl adjacent to an activating group) is 1. The van der Waals surface area contributed by atoms with Crippen molar-refractivity contribution in [2.75, 3.05) is 38.1 Å². The first kappa shape index (κ1) is 17.7. The molecule has 2 atom stereocenters. The molecule has 1 fully saturated rings. The van der Waals surface area contributed by atoms with E-state index in [4.69, 9.17) is 0 Å². The summed E-state index contributed by atoms with van der Waals surface area (Å²) >= 11 is 0. The Balaban J connectivity index is 1.81. The van der Waals surface area contributed by atoms with Crippen molar-refractivity contribution < 1.29 is 5.11 Å². The number of benzene rings is 1. The predicted molar refractivity (Wildman–Crippen MR) is 98.5 cm³/mol. The summed E-state index contributed by atoms with van der Waals surface area (Å²) in [6.07, 6.45) is 1.56. The molecule has 0 saturated carbocycles. The molecule has 1 saturated heterocycles. The van der Waals surface area contributed by atoms with E-state index in [1.165, 1.54) is 21.3 Å². The topological polar surface area (TPSA) is 66.5 Å². The third kappa shape index (κ3) is 3.62. The standard InChI is InChI=1S/C18H27N5O2/c1-4-17(14(2)24)23-18(25)22(13-19-23)16-7-5-15(6-8-16)21-11-9-20(3)10-12-21/h5-8,13-14,17,24H,4,9-12H2,1-3H3/t14-,17-/m0/s1. The van der Waals surface area contributed by atoms with Crippen LogP contribution in [0.1, 0.15) is 26.3 Å². The van der Waals surface area contributed by atoms with E-state index in [0.717, 1.165) is 31.9 Å². The van der Waals surface area contributed by atoms with Gasteiger partial charge in [0.05, 0.1) is 17.8 Å². The Kier molecular flexibility index (Phi) is 5.24. The zero-order valence-electron chi connectivity index (χ0n) is 15.2. The van der Waals surface area contributed by atoms with Crippen molar-refractivity contribution >= 4 is 5.69 Å². The van der Waals surface area contributed by atoms with Crippen molar-refractivity contribution in [2.45, 2.75) is 32.4 Å². The maximum Gasteiger partial charge on any atom is 0.350 e. The lowest BCUT2D eigenvalue weighted by molar-refractivity contribution is 0.118. The molecule has 3 rings (SSSR count). The number of hydrogen-bond donors (Lipinski definition) is 1. The molecule has 0 unspecified atom stereocenters. The smallest absolute Gasteiger partial charge is 0.350 e. The number of nitrogens with zero attached hydrogens (tertiary/aromatic N) is 5. The molecule has 0 bridgehead atoms. The highest BCUT2D eigenvalue weighted by Crippen LogP contribution is 2.19. The van der Waals surface area contributed by atoms with Crippen LogP contribution < -0.4 is 10.6 Å². The van der Waals surface area contributed by atoms with Crippen molar-refractivity contribution in [3.05, 3.63) is 41.1 Å². The lowest BCUT2D eigenvalue weighted by atomic mass is 10.1. The van der Waals surface area contributed by atoms with Gasteiger partial charge in [-0.1, -0.05) is 6.92 Å². The molecular weight excluding hydrogens is 318 g/mol. The van der Waals surface area contributed by atoms with Crippen LogP contribution in [0, 0.1) is 0 Å². The Morgan fingerprint density at radius 2 is 1.72 bits per heavy atom. The Morgan fingerprint density at radius 3 is 2.28 bits per heavy atom. The van der Waals surface area contributed by atoms with Crippen LogP contribution in [-0.4, -0.2) is 63.7 Å². The summed E-state index contributed by atoms with van der Waals surface area (Å²) in [5, 5.41) is 14.0. The molecule has 1 aromatic heterocycles. The van der Waals surface area contributed by atoms with Crippen LogP contribution in [0.2, 0.25) is 0 Å². The van der Waals surface area contributed by atoms with Crippen LogP contribution in [0.4, 0.5) is 5.69 Å². The van der Waals surface area contributed by atoms with Gasteiger partial charge in [-0.25, -0.2) is 14.0 Å². The molecule has 0 radical (unpaired) electrons. The summed E-state index contributed by atoms with van der Waals surface area (Å²) < 4.78 is 2.90. The maximum absolute atomic E-state index is 12.6. The predicted octanol–water partition coefficient (Wildman–Crippen LogP) is 1.12. The Hall–Kier alpha value is -2.12. The van der Waals surface area contributed by atoms with E-state index in [9.17, 15) is 9.90 Å². The van der Waals surface area contributed by atoms with Gasteiger partial charge in [0.25, 0.3) is 0 Å². The minimum Gasteiger partial charge on any atom is -0.391 e. The second kappa shape index (κ2) is 7.41. The molecule has 25 heavy (non-hydrogen) atoms. The van der Waals surface area contributed by atoms with E-state index < -0.39 is 6.10 Å². The summed E-state index contributed by atoms with van der Waals surface area (Å²) in [5.74, 6) is 0. The molecule has 0 aliphatic carbocycles. The van der Waals surface area contributed by atoms with E-state index >= 15 is 0 Å². The van der Waals surface area contributed by atoms with Gasteiger partial charge in [0.1, 0.15) is 6.33 Å². The first-order valence-corrected chi connectivity index (χ1v) is 8.89. The van der Waals surface area contributed by atoms with Gasteiger partial charge < -0.3 is 14.9 Å². The van der Waals surface area contributed by atoms with Crippen molar-refractivity contribution in [3.8, 4) is 5.69 Å². The molecular formula is C18H27N5O2. The lowest BCUT2D eigenvalue weighted by Gasteiger charge is -2.34. The summed E-state index contributed by atoms with van der Waals surface area (Å²) in [6.45, 7) is 7.77. The number of aromatic nitrogens is 3. The van der Waals surface area contributed by atoms with Crippen molar-refractivity contribution in [3.63, 3.8) is 0 Å². The van der Waals surface area contributed by atoms with E-state index in [2.05, 4.69) is 34.1 Å². The quantitative estimate of drug-likeness (QED) is 0.880. The maximum atomic E-state index is 12.6. The summed E-state index contributed by atoms with van der Waals surface area (Å²) in [6, 6.07) is 7.69. The average Bonchev–Trinajstić information content (AvgIpc) is 2.98. The molecule has 7 heteroatoms. The van der Waals surface area contributed by atoms with Gasteiger partial charge in [-0.3, -0.25) is 0 Å².